The first-order valence-electron chi connectivity index (χ1n) is 9.26. The number of urea groups is 1. The molecular formula is C18H29N5O3S. The second-order valence-corrected chi connectivity index (χ2v) is 8.74. The highest BCUT2D eigenvalue weighted by Gasteiger charge is 2.27. The molecule has 1 saturated heterocycles. The van der Waals surface area contributed by atoms with Crippen LogP contribution >= 0.6 is 0 Å². The number of aryl methyl sites for hydroxylation is 1. The zero-order chi connectivity index (χ0) is 19.9. The van der Waals surface area contributed by atoms with E-state index in [1.54, 1.807) is 12.3 Å². The van der Waals surface area contributed by atoms with Crippen molar-refractivity contribution >= 4 is 27.6 Å². The summed E-state index contributed by atoms with van der Waals surface area (Å²) < 4.78 is 26.2. The van der Waals surface area contributed by atoms with Crippen LogP contribution in [0.1, 0.15) is 38.3 Å². The Morgan fingerprint density at radius 2 is 2.26 bits per heavy atom. The van der Waals surface area contributed by atoms with E-state index < -0.39 is 16.1 Å². The predicted molar refractivity (Wildman–Crippen MR) is 108 cm³/mol. The van der Waals surface area contributed by atoms with Crippen molar-refractivity contribution in [3.05, 3.63) is 30.6 Å². The third kappa shape index (κ3) is 6.21. The van der Waals surface area contributed by atoms with Crippen LogP contribution in [0.25, 0.3) is 0 Å². The Kier molecular flexibility index (Phi) is 7.61. The van der Waals surface area contributed by atoms with E-state index in [0.29, 0.717) is 25.3 Å². The quantitative estimate of drug-likeness (QED) is 0.509. The van der Waals surface area contributed by atoms with E-state index in [-0.39, 0.29) is 11.8 Å². The summed E-state index contributed by atoms with van der Waals surface area (Å²) in [6.45, 7) is 8.22. The Labute approximate surface area is 161 Å². The van der Waals surface area contributed by atoms with Crippen LogP contribution in [0.2, 0.25) is 0 Å². The topological polar surface area (TPSA) is 107 Å². The fraction of sp³-hybridized carbons (Fsp3) is 0.556. The first kappa shape index (κ1) is 21.2. The van der Waals surface area contributed by atoms with Crippen LogP contribution < -0.4 is 10.6 Å². The lowest BCUT2D eigenvalue weighted by Crippen LogP contribution is -2.49. The number of nitrogens with zero attached hydrogens (tertiary/aromatic N) is 2. The molecule has 2 rings (SSSR count). The summed E-state index contributed by atoms with van der Waals surface area (Å²) in [6.07, 6.45) is 6.23. The van der Waals surface area contributed by atoms with Crippen molar-refractivity contribution in [3.63, 3.8) is 0 Å². The van der Waals surface area contributed by atoms with Gasteiger partial charge in [-0.05, 0) is 38.3 Å². The minimum absolute atomic E-state index is 0.134. The van der Waals surface area contributed by atoms with Gasteiger partial charge in [-0.3, -0.25) is 5.32 Å². The second-order valence-electron chi connectivity index (χ2n) is 6.65. The monoisotopic (exact) mass is 395 g/mol. The van der Waals surface area contributed by atoms with Crippen LogP contribution in [0.5, 0.6) is 0 Å². The van der Waals surface area contributed by atoms with Gasteiger partial charge in [0.05, 0.1) is 11.4 Å². The fourth-order valence-electron chi connectivity index (χ4n) is 3.02. The molecule has 1 aromatic heterocycles. The van der Waals surface area contributed by atoms with Crippen LogP contribution in [-0.4, -0.2) is 54.5 Å². The molecule has 1 aromatic rings. The lowest BCUT2D eigenvalue weighted by atomic mass is 10.1. The van der Waals surface area contributed by atoms with Crippen molar-refractivity contribution in [1.82, 2.24) is 19.9 Å². The highest BCUT2D eigenvalue weighted by atomic mass is 32.2. The molecule has 0 radical (unpaired) electrons. The van der Waals surface area contributed by atoms with E-state index in [1.807, 2.05) is 13.8 Å². The van der Waals surface area contributed by atoms with E-state index in [2.05, 4.69) is 27.2 Å². The molecule has 2 heterocycles. The van der Waals surface area contributed by atoms with Crippen molar-refractivity contribution in [2.24, 2.45) is 4.99 Å². The lowest BCUT2D eigenvalue weighted by Gasteiger charge is -2.24. The van der Waals surface area contributed by atoms with Gasteiger partial charge in [-0.25, -0.2) is 18.2 Å². The molecule has 27 heavy (non-hydrogen) atoms. The predicted octanol–water partition coefficient (Wildman–Crippen LogP) is 2.43. The number of carbonyl (C=O) groups excluding carboxylic acids is 1. The van der Waals surface area contributed by atoms with E-state index in [4.69, 9.17) is 0 Å². The zero-order valence-electron chi connectivity index (χ0n) is 16.0. The summed E-state index contributed by atoms with van der Waals surface area (Å²) in [5.74, 6) is 0.467. The maximum atomic E-state index is 12.4. The molecule has 150 valence electrons. The van der Waals surface area contributed by atoms with Crippen LogP contribution in [-0.2, 0) is 10.0 Å². The Morgan fingerprint density at radius 1 is 1.48 bits per heavy atom. The molecule has 0 aromatic carbocycles. The normalized spacial score (nSPS) is 19.3. The van der Waals surface area contributed by atoms with Crippen molar-refractivity contribution in [1.29, 1.82) is 0 Å². The van der Waals surface area contributed by atoms with Gasteiger partial charge in [-0.15, -0.1) is 0 Å². The van der Waals surface area contributed by atoms with Gasteiger partial charge in [0.25, 0.3) is 0 Å². The van der Waals surface area contributed by atoms with Crippen LogP contribution in [0.15, 0.2) is 29.9 Å². The molecule has 1 aliphatic rings. The van der Waals surface area contributed by atoms with E-state index in [0.717, 1.165) is 30.6 Å². The summed E-state index contributed by atoms with van der Waals surface area (Å²) in [6, 6.07) is 1.15. The molecule has 1 aliphatic heterocycles. The number of hydrogen-bond donors (Lipinski definition) is 3. The standard InChI is InChI=1S/C18H29N5O3S/c1-4-12-27(25,26)23-11-7-6-8-15(13-23)20-18(24)22-17(5-2)21-16-9-10-19-14(16)3/h5,9-10,15,19H,2,4,6-8,11-13H2,1,3H3,(H2,20,21,22,24). The van der Waals surface area contributed by atoms with E-state index in [1.165, 1.54) is 10.4 Å². The summed E-state index contributed by atoms with van der Waals surface area (Å²) >= 11 is 0. The van der Waals surface area contributed by atoms with Crippen molar-refractivity contribution < 1.29 is 13.2 Å². The minimum atomic E-state index is -3.27. The molecule has 8 nitrogen and oxygen atoms in total. The van der Waals surface area contributed by atoms with Gasteiger partial charge in [0, 0.05) is 31.0 Å². The number of nitrogens with one attached hydrogen (secondary N) is 3. The first-order chi connectivity index (χ1) is 12.9. The van der Waals surface area contributed by atoms with Gasteiger partial charge < -0.3 is 10.3 Å². The van der Waals surface area contributed by atoms with Crippen molar-refractivity contribution in [2.45, 2.75) is 45.6 Å². The average Bonchev–Trinajstić information content (AvgIpc) is 2.86. The fourth-order valence-corrected chi connectivity index (χ4v) is 4.61. The molecule has 1 fully saturated rings. The number of aliphatic imine (C=N–C) groups is 1. The molecule has 9 heteroatoms. The maximum Gasteiger partial charge on any atom is 0.320 e. The van der Waals surface area contributed by atoms with Gasteiger partial charge in [0.1, 0.15) is 5.84 Å². The number of aromatic nitrogens is 1. The van der Waals surface area contributed by atoms with Gasteiger partial charge in [0.15, 0.2) is 0 Å². The number of sulfonamides is 1. The maximum absolute atomic E-state index is 12.4. The SMILES string of the molecule is C=CC(=Nc1cc[nH]c1C)NC(=O)NC1CCCCN(S(=O)(=O)CCC)C1. The molecule has 0 spiro atoms. The minimum Gasteiger partial charge on any atom is -0.363 e. The molecule has 1 atom stereocenters. The van der Waals surface area contributed by atoms with Crippen LogP contribution in [0.4, 0.5) is 10.5 Å². The molecule has 3 N–H and O–H groups in total. The molecule has 1 unspecified atom stereocenters. The molecular weight excluding hydrogens is 366 g/mol. The molecule has 0 aliphatic carbocycles. The number of amides is 2. The number of rotatable bonds is 6. The lowest BCUT2D eigenvalue weighted by molar-refractivity contribution is 0.239. The van der Waals surface area contributed by atoms with Crippen LogP contribution in [0.3, 0.4) is 0 Å². The summed E-state index contributed by atoms with van der Waals surface area (Å²) in [7, 11) is -3.27. The number of amidine groups is 1. The highest BCUT2D eigenvalue weighted by Crippen LogP contribution is 2.16. The molecule has 0 bridgehead atoms. The van der Waals surface area contributed by atoms with Crippen LogP contribution in [0, 0.1) is 6.92 Å². The molecule has 0 saturated carbocycles. The summed E-state index contributed by atoms with van der Waals surface area (Å²) in [5.41, 5.74) is 1.61. The van der Waals surface area contributed by atoms with Crippen molar-refractivity contribution in [2.75, 3.05) is 18.8 Å². The Morgan fingerprint density at radius 3 is 2.89 bits per heavy atom. The summed E-state index contributed by atoms with van der Waals surface area (Å²) in [5, 5.41) is 5.55. The number of H-pyrrole nitrogens is 1. The van der Waals surface area contributed by atoms with Gasteiger partial charge in [-0.1, -0.05) is 19.9 Å². The van der Waals surface area contributed by atoms with E-state index in [9.17, 15) is 13.2 Å². The average molecular weight is 396 g/mol. The van der Waals surface area contributed by atoms with Gasteiger partial charge >= 0.3 is 6.03 Å². The zero-order valence-corrected chi connectivity index (χ0v) is 16.8. The number of carbonyl (C=O) groups is 1. The Hall–Kier alpha value is -2.13. The Balaban J connectivity index is 2.00. The smallest absolute Gasteiger partial charge is 0.320 e. The highest BCUT2D eigenvalue weighted by molar-refractivity contribution is 7.89. The molecule has 2 amide bonds. The second kappa shape index (κ2) is 9.70. The van der Waals surface area contributed by atoms with Crippen molar-refractivity contribution in [3.8, 4) is 0 Å². The third-order valence-electron chi connectivity index (χ3n) is 4.43. The largest absolute Gasteiger partial charge is 0.363 e. The first-order valence-corrected chi connectivity index (χ1v) is 10.9. The van der Waals surface area contributed by atoms with E-state index >= 15 is 0 Å². The third-order valence-corrected chi connectivity index (χ3v) is 6.47. The number of hydrogen-bond acceptors (Lipinski definition) is 4. The summed E-state index contributed by atoms with van der Waals surface area (Å²) in [4.78, 5) is 19.7. The van der Waals surface area contributed by atoms with Gasteiger partial charge in [0.2, 0.25) is 10.0 Å². The van der Waals surface area contributed by atoms with Gasteiger partial charge in [-0.2, -0.15) is 4.31 Å². The number of aromatic amines is 1. The Bertz CT molecular complexity index is 785.